The average Bonchev–Trinajstić information content (AvgIpc) is 1.99. The second kappa shape index (κ2) is 3.41. The van der Waals surface area contributed by atoms with Crippen molar-refractivity contribution in [1.82, 2.24) is 0 Å². The molecule has 0 bridgehead atoms. The zero-order valence-corrected chi connectivity index (χ0v) is 6.53. The van der Waals surface area contributed by atoms with Gasteiger partial charge in [-0.05, 0) is 6.07 Å². The minimum absolute atomic E-state index is 0.123. The molecule has 0 aromatic heterocycles. The van der Waals surface area contributed by atoms with Crippen molar-refractivity contribution in [3.05, 3.63) is 34.6 Å². The van der Waals surface area contributed by atoms with E-state index in [9.17, 15) is 4.39 Å². The Morgan fingerprint density at radius 1 is 1.55 bits per heavy atom. The molecule has 1 rings (SSSR count). The Morgan fingerprint density at radius 2 is 2.27 bits per heavy atom. The molecule has 0 nitrogen and oxygen atoms in total. The Bertz CT molecular complexity index is 299. The summed E-state index contributed by atoms with van der Waals surface area (Å²) in [6.45, 7) is 0. The van der Waals surface area contributed by atoms with Gasteiger partial charge in [-0.2, -0.15) is 0 Å². The fourth-order valence-electron chi connectivity index (χ4n) is 0.795. The molecule has 0 aliphatic rings. The average molecular weight is 169 g/mol. The second-order valence-electron chi connectivity index (χ2n) is 2.09. The predicted octanol–water partition coefficient (Wildman–Crippen LogP) is 2.65. The lowest BCUT2D eigenvalue weighted by Crippen LogP contribution is -1.88. The first-order valence-corrected chi connectivity index (χ1v) is 3.50. The summed E-state index contributed by atoms with van der Waals surface area (Å²) in [7, 11) is 0. The molecular weight excluding hydrogens is 163 g/mol. The summed E-state index contributed by atoms with van der Waals surface area (Å²) in [6.07, 6.45) is 5.30. The van der Waals surface area contributed by atoms with Crippen molar-refractivity contribution >= 4 is 11.6 Å². The smallest absolute Gasteiger partial charge is 0.145 e. The van der Waals surface area contributed by atoms with Gasteiger partial charge in [-0.15, -0.1) is 12.3 Å². The third-order valence-corrected chi connectivity index (χ3v) is 1.62. The number of rotatable bonds is 1. The Labute approximate surface area is 70.0 Å². The Kier molecular flexibility index (Phi) is 2.51. The predicted molar refractivity (Wildman–Crippen MR) is 43.9 cm³/mol. The van der Waals surface area contributed by atoms with Gasteiger partial charge in [0.1, 0.15) is 5.82 Å². The van der Waals surface area contributed by atoms with Crippen LogP contribution in [0.2, 0.25) is 5.02 Å². The van der Waals surface area contributed by atoms with E-state index in [1.54, 1.807) is 12.1 Å². The normalized spacial score (nSPS) is 9.18. The maximum Gasteiger partial charge on any atom is 0.145 e. The molecule has 0 N–H and O–H groups in total. The summed E-state index contributed by atoms with van der Waals surface area (Å²) in [4.78, 5) is 0. The molecule has 0 aliphatic heterocycles. The lowest BCUT2D eigenvalue weighted by molar-refractivity contribution is 0.616. The van der Waals surface area contributed by atoms with Gasteiger partial charge >= 0.3 is 0 Å². The van der Waals surface area contributed by atoms with Gasteiger partial charge in [-0.3, -0.25) is 0 Å². The summed E-state index contributed by atoms with van der Waals surface area (Å²) in [6, 6.07) is 4.80. The zero-order valence-electron chi connectivity index (χ0n) is 5.77. The minimum Gasteiger partial charge on any atom is -0.205 e. The highest BCUT2D eigenvalue weighted by Crippen LogP contribution is 2.17. The molecule has 0 radical (unpaired) electrons. The molecule has 1 aromatic rings. The van der Waals surface area contributed by atoms with Crippen LogP contribution in [0.1, 0.15) is 5.56 Å². The molecular formula is C9H6ClF. The van der Waals surface area contributed by atoms with Crippen LogP contribution < -0.4 is 0 Å². The van der Waals surface area contributed by atoms with Gasteiger partial charge in [0.2, 0.25) is 0 Å². The SMILES string of the molecule is C#CCc1cccc(Cl)c1F. The van der Waals surface area contributed by atoms with Crippen molar-refractivity contribution in [1.29, 1.82) is 0 Å². The van der Waals surface area contributed by atoms with Crippen LogP contribution in [-0.2, 0) is 6.42 Å². The van der Waals surface area contributed by atoms with Crippen LogP contribution in [0, 0.1) is 18.2 Å². The molecule has 0 spiro atoms. The number of benzene rings is 1. The van der Waals surface area contributed by atoms with E-state index in [2.05, 4.69) is 5.92 Å². The van der Waals surface area contributed by atoms with Crippen molar-refractivity contribution in [3.8, 4) is 12.3 Å². The molecule has 0 saturated carbocycles. The van der Waals surface area contributed by atoms with E-state index >= 15 is 0 Å². The van der Waals surface area contributed by atoms with Crippen LogP contribution in [0.3, 0.4) is 0 Å². The molecule has 0 unspecified atom stereocenters. The topological polar surface area (TPSA) is 0 Å². The molecule has 2 heteroatoms. The van der Waals surface area contributed by atoms with E-state index in [0.717, 1.165) is 0 Å². The monoisotopic (exact) mass is 168 g/mol. The second-order valence-corrected chi connectivity index (χ2v) is 2.50. The fourth-order valence-corrected chi connectivity index (χ4v) is 0.989. The minimum atomic E-state index is -0.410. The maximum atomic E-state index is 13.0. The third kappa shape index (κ3) is 1.72. The van der Waals surface area contributed by atoms with E-state index < -0.39 is 5.82 Å². The number of terminal acetylenes is 1. The molecule has 0 aliphatic carbocycles. The van der Waals surface area contributed by atoms with Gasteiger partial charge in [-0.1, -0.05) is 23.7 Å². The highest BCUT2D eigenvalue weighted by Gasteiger charge is 2.03. The molecule has 1 aromatic carbocycles. The van der Waals surface area contributed by atoms with Crippen LogP contribution in [0.5, 0.6) is 0 Å². The molecule has 11 heavy (non-hydrogen) atoms. The van der Waals surface area contributed by atoms with Crippen molar-refractivity contribution in [2.45, 2.75) is 6.42 Å². The van der Waals surface area contributed by atoms with Crippen molar-refractivity contribution < 1.29 is 4.39 Å². The summed E-state index contributed by atoms with van der Waals surface area (Å²) in [5.41, 5.74) is 0.472. The van der Waals surface area contributed by atoms with Gasteiger partial charge in [0.25, 0.3) is 0 Å². The Balaban J connectivity index is 3.08. The Morgan fingerprint density at radius 3 is 2.91 bits per heavy atom. The van der Waals surface area contributed by atoms with E-state index in [-0.39, 0.29) is 11.4 Å². The first-order chi connectivity index (χ1) is 5.25. The van der Waals surface area contributed by atoms with E-state index in [1.165, 1.54) is 6.07 Å². The van der Waals surface area contributed by atoms with E-state index in [4.69, 9.17) is 18.0 Å². The molecule has 0 amide bonds. The lowest BCUT2D eigenvalue weighted by Gasteiger charge is -1.98. The van der Waals surface area contributed by atoms with Crippen LogP contribution in [0.4, 0.5) is 4.39 Å². The summed E-state index contributed by atoms with van der Waals surface area (Å²) >= 11 is 5.51. The largest absolute Gasteiger partial charge is 0.205 e. The van der Waals surface area contributed by atoms with Crippen LogP contribution in [0.15, 0.2) is 18.2 Å². The summed E-state index contributed by atoms with van der Waals surface area (Å²) < 4.78 is 13.0. The van der Waals surface area contributed by atoms with Crippen molar-refractivity contribution in [2.75, 3.05) is 0 Å². The van der Waals surface area contributed by atoms with Crippen molar-refractivity contribution in [2.24, 2.45) is 0 Å². The first-order valence-electron chi connectivity index (χ1n) is 3.12. The van der Waals surface area contributed by atoms with Gasteiger partial charge in [0, 0.05) is 12.0 Å². The lowest BCUT2D eigenvalue weighted by atomic mass is 10.1. The van der Waals surface area contributed by atoms with Crippen LogP contribution >= 0.6 is 11.6 Å². The first kappa shape index (κ1) is 8.10. The number of hydrogen-bond acceptors (Lipinski definition) is 0. The standard InChI is InChI=1S/C9H6ClF/c1-2-4-7-5-3-6-8(10)9(7)11/h1,3,5-6H,4H2. The molecule has 56 valence electrons. The zero-order chi connectivity index (χ0) is 8.27. The highest BCUT2D eigenvalue weighted by atomic mass is 35.5. The van der Waals surface area contributed by atoms with Gasteiger partial charge in [0.15, 0.2) is 0 Å². The number of halogens is 2. The molecule has 0 saturated heterocycles. The summed E-state index contributed by atoms with van der Waals surface area (Å²) in [5.74, 6) is 1.94. The van der Waals surface area contributed by atoms with Gasteiger partial charge < -0.3 is 0 Å². The summed E-state index contributed by atoms with van der Waals surface area (Å²) in [5, 5.41) is 0.123. The number of hydrogen-bond donors (Lipinski definition) is 0. The van der Waals surface area contributed by atoms with Crippen LogP contribution in [-0.4, -0.2) is 0 Å². The van der Waals surface area contributed by atoms with Crippen LogP contribution in [0.25, 0.3) is 0 Å². The molecule has 0 fully saturated rings. The van der Waals surface area contributed by atoms with Gasteiger partial charge in [-0.25, -0.2) is 4.39 Å². The van der Waals surface area contributed by atoms with E-state index in [1.807, 2.05) is 0 Å². The maximum absolute atomic E-state index is 13.0. The van der Waals surface area contributed by atoms with Crippen molar-refractivity contribution in [3.63, 3.8) is 0 Å². The molecule has 0 atom stereocenters. The fraction of sp³-hybridized carbons (Fsp3) is 0.111. The highest BCUT2D eigenvalue weighted by molar-refractivity contribution is 6.30. The quantitative estimate of drug-likeness (QED) is 0.566. The third-order valence-electron chi connectivity index (χ3n) is 1.32. The molecule has 0 heterocycles. The van der Waals surface area contributed by atoms with Gasteiger partial charge in [0.05, 0.1) is 5.02 Å². The van der Waals surface area contributed by atoms with E-state index in [0.29, 0.717) is 5.56 Å². The Hall–Kier alpha value is -1.00.